The highest BCUT2D eigenvalue weighted by Gasteiger charge is 2.22. The number of benzene rings is 2. The second-order valence-corrected chi connectivity index (χ2v) is 7.14. The number of amides is 2. The van der Waals surface area contributed by atoms with Crippen molar-refractivity contribution in [3.05, 3.63) is 65.7 Å². The first-order valence-electron chi connectivity index (χ1n) is 9.64. The number of carbonyl (C=O) groups is 2. The lowest BCUT2D eigenvalue weighted by molar-refractivity contribution is 0.0600. The first-order chi connectivity index (χ1) is 13.6. The summed E-state index contributed by atoms with van der Waals surface area (Å²) in [6.45, 7) is 1.53. The molecule has 6 heteroatoms. The summed E-state index contributed by atoms with van der Waals surface area (Å²) in [5, 5.41) is 9.17. The van der Waals surface area contributed by atoms with Crippen molar-refractivity contribution >= 4 is 17.7 Å². The summed E-state index contributed by atoms with van der Waals surface area (Å²) in [4.78, 5) is 23.8. The number of methoxy groups -OCH3 is 1. The highest BCUT2D eigenvalue weighted by molar-refractivity contribution is 5.93. The topological polar surface area (TPSA) is 79.5 Å². The van der Waals surface area contributed by atoms with Crippen molar-refractivity contribution in [3.8, 4) is 0 Å². The molecular weight excluding hydrogens is 354 g/mol. The molecule has 3 N–H and O–H groups in total. The van der Waals surface area contributed by atoms with Crippen LogP contribution in [0.25, 0.3) is 0 Å². The van der Waals surface area contributed by atoms with Gasteiger partial charge in [-0.25, -0.2) is 9.59 Å². The zero-order valence-electron chi connectivity index (χ0n) is 16.1. The summed E-state index contributed by atoms with van der Waals surface area (Å²) in [7, 11) is 1.33. The minimum Gasteiger partial charge on any atom is -0.465 e. The normalized spacial score (nSPS) is 18.9. The SMILES string of the molecule is COC(=O)c1cccc(NC(=O)NC[C@H]2C[C@H](Cc3ccccc3)CCN2)c1. The Morgan fingerprint density at radius 3 is 2.75 bits per heavy atom. The van der Waals surface area contributed by atoms with Gasteiger partial charge in [-0.05, 0) is 55.5 Å². The number of hydrogen-bond donors (Lipinski definition) is 3. The molecule has 3 rings (SSSR count). The van der Waals surface area contributed by atoms with Gasteiger partial charge in [-0.1, -0.05) is 36.4 Å². The van der Waals surface area contributed by atoms with Gasteiger partial charge >= 0.3 is 12.0 Å². The van der Waals surface area contributed by atoms with E-state index in [4.69, 9.17) is 4.74 Å². The molecule has 0 unspecified atom stereocenters. The summed E-state index contributed by atoms with van der Waals surface area (Å²) in [6.07, 6.45) is 3.26. The zero-order valence-corrected chi connectivity index (χ0v) is 16.1. The molecule has 2 aromatic rings. The van der Waals surface area contributed by atoms with Gasteiger partial charge in [-0.15, -0.1) is 0 Å². The van der Waals surface area contributed by atoms with Gasteiger partial charge in [0.25, 0.3) is 0 Å². The van der Waals surface area contributed by atoms with Gasteiger partial charge in [0.15, 0.2) is 0 Å². The molecule has 0 spiro atoms. The van der Waals surface area contributed by atoms with E-state index < -0.39 is 5.97 Å². The Morgan fingerprint density at radius 2 is 1.96 bits per heavy atom. The van der Waals surface area contributed by atoms with E-state index >= 15 is 0 Å². The fourth-order valence-corrected chi connectivity index (χ4v) is 3.62. The van der Waals surface area contributed by atoms with Crippen LogP contribution in [0.15, 0.2) is 54.6 Å². The summed E-state index contributed by atoms with van der Waals surface area (Å²) in [5.74, 6) is 0.190. The number of rotatable bonds is 6. The molecule has 1 aliphatic rings. The number of carbonyl (C=O) groups excluding carboxylic acids is 2. The number of piperidine rings is 1. The Morgan fingerprint density at radius 1 is 1.14 bits per heavy atom. The van der Waals surface area contributed by atoms with E-state index in [2.05, 4.69) is 40.2 Å². The first kappa shape index (κ1) is 19.9. The lowest BCUT2D eigenvalue weighted by atomic mass is 9.87. The number of urea groups is 1. The standard InChI is InChI=1S/C22H27N3O3/c1-28-21(26)18-8-5-9-19(14-18)25-22(27)24-15-20-13-17(10-11-23-20)12-16-6-3-2-4-7-16/h2-9,14,17,20,23H,10-13,15H2,1H3,(H2,24,25,27)/t17-,20+/m0/s1. The van der Waals surface area contributed by atoms with Gasteiger partial charge in [-0.3, -0.25) is 0 Å². The van der Waals surface area contributed by atoms with Crippen LogP contribution in [-0.4, -0.2) is 38.2 Å². The highest BCUT2D eigenvalue weighted by atomic mass is 16.5. The summed E-state index contributed by atoms with van der Waals surface area (Å²) in [6, 6.07) is 17.2. The number of nitrogens with one attached hydrogen (secondary N) is 3. The maximum Gasteiger partial charge on any atom is 0.337 e. The van der Waals surface area contributed by atoms with Crippen molar-refractivity contribution < 1.29 is 14.3 Å². The van der Waals surface area contributed by atoms with E-state index in [1.165, 1.54) is 12.7 Å². The number of esters is 1. The van der Waals surface area contributed by atoms with Crippen LogP contribution in [0.5, 0.6) is 0 Å². The Kier molecular flexibility index (Phi) is 7.03. The molecule has 2 atom stereocenters. The lowest BCUT2D eigenvalue weighted by Crippen LogP contribution is -2.47. The van der Waals surface area contributed by atoms with Crippen molar-refractivity contribution in [2.75, 3.05) is 25.5 Å². The number of anilines is 1. The summed E-state index contributed by atoms with van der Waals surface area (Å²) in [5.41, 5.74) is 2.32. The molecule has 28 heavy (non-hydrogen) atoms. The molecule has 2 aromatic carbocycles. The molecule has 1 aliphatic heterocycles. The van der Waals surface area contributed by atoms with E-state index in [-0.39, 0.29) is 12.1 Å². The average Bonchev–Trinajstić information content (AvgIpc) is 2.73. The molecule has 0 aliphatic carbocycles. The van der Waals surface area contributed by atoms with Crippen LogP contribution in [0.3, 0.4) is 0 Å². The Hall–Kier alpha value is -2.86. The number of ether oxygens (including phenoxy) is 1. The molecule has 6 nitrogen and oxygen atoms in total. The van der Waals surface area contributed by atoms with Crippen LogP contribution in [0.4, 0.5) is 10.5 Å². The largest absolute Gasteiger partial charge is 0.465 e. The third-order valence-electron chi connectivity index (χ3n) is 5.02. The molecule has 0 bridgehead atoms. The van der Waals surface area contributed by atoms with Crippen molar-refractivity contribution in [3.63, 3.8) is 0 Å². The van der Waals surface area contributed by atoms with Crippen molar-refractivity contribution in [2.24, 2.45) is 5.92 Å². The Balaban J connectivity index is 1.46. The van der Waals surface area contributed by atoms with Crippen molar-refractivity contribution in [1.82, 2.24) is 10.6 Å². The van der Waals surface area contributed by atoms with E-state index in [9.17, 15) is 9.59 Å². The Labute approximate surface area is 165 Å². The van der Waals surface area contributed by atoms with E-state index in [0.29, 0.717) is 23.7 Å². The third kappa shape index (κ3) is 5.82. The van der Waals surface area contributed by atoms with Crippen LogP contribution in [0.1, 0.15) is 28.8 Å². The third-order valence-corrected chi connectivity index (χ3v) is 5.02. The minimum atomic E-state index is -0.431. The maximum absolute atomic E-state index is 12.2. The van der Waals surface area contributed by atoms with E-state index in [1.807, 2.05) is 6.07 Å². The minimum absolute atomic E-state index is 0.259. The van der Waals surface area contributed by atoms with E-state index in [1.54, 1.807) is 24.3 Å². The average molecular weight is 381 g/mol. The molecule has 2 amide bonds. The molecule has 1 fully saturated rings. The van der Waals surface area contributed by atoms with Gasteiger partial charge in [0.05, 0.1) is 12.7 Å². The van der Waals surface area contributed by atoms with Crippen LogP contribution >= 0.6 is 0 Å². The predicted octanol–water partition coefficient (Wildman–Crippen LogP) is 3.21. The van der Waals surface area contributed by atoms with Crippen LogP contribution in [-0.2, 0) is 11.2 Å². The first-order valence-corrected chi connectivity index (χ1v) is 9.64. The van der Waals surface area contributed by atoms with Gasteiger partial charge < -0.3 is 20.7 Å². The highest BCUT2D eigenvalue weighted by Crippen LogP contribution is 2.21. The fourth-order valence-electron chi connectivity index (χ4n) is 3.62. The second kappa shape index (κ2) is 9.90. The molecule has 1 saturated heterocycles. The van der Waals surface area contributed by atoms with Gasteiger partial charge in [0.2, 0.25) is 0 Å². The van der Waals surface area contributed by atoms with Crippen LogP contribution in [0, 0.1) is 5.92 Å². The fraction of sp³-hybridized carbons (Fsp3) is 0.364. The molecule has 0 aromatic heterocycles. The van der Waals surface area contributed by atoms with Crippen LogP contribution < -0.4 is 16.0 Å². The van der Waals surface area contributed by atoms with Gasteiger partial charge in [-0.2, -0.15) is 0 Å². The monoisotopic (exact) mass is 381 g/mol. The molecule has 0 saturated carbocycles. The van der Waals surface area contributed by atoms with Crippen LogP contribution in [0.2, 0.25) is 0 Å². The zero-order chi connectivity index (χ0) is 19.8. The quantitative estimate of drug-likeness (QED) is 0.672. The predicted molar refractivity (Wildman–Crippen MR) is 109 cm³/mol. The second-order valence-electron chi connectivity index (χ2n) is 7.14. The Bertz CT molecular complexity index is 795. The summed E-state index contributed by atoms with van der Waals surface area (Å²) < 4.78 is 4.70. The molecule has 1 heterocycles. The van der Waals surface area contributed by atoms with E-state index in [0.717, 1.165) is 25.8 Å². The van der Waals surface area contributed by atoms with Gasteiger partial charge in [0, 0.05) is 18.3 Å². The van der Waals surface area contributed by atoms with Gasteiger partial charge in [0.1, 0.15) is 0 Å². The maximum atomic E-state index is 12.2. The molecule has 148 valence electrons. The summed E-state index contributed by atoms with van der Waals surface area (Å²) >= 11 is 0. The van der Waals surface area contributed by atoms with Crippen molar-refractivity contribution in [1.29, 1.82) is 0 Å². The number of hydrogen-bond acceptors (Lipinski definition) is 4. The van der Waals surface area contributed by atoms with Crippen molar-refractivity contribution in [2.45, 2.75) is 25.3 Å². The molecular formula is C22H27N3O3. The smallest absolute Gasteiger partial charge is 0.337 e. The molecule has 0 radical (unpaired) electrons. The lowest BCUT2D eigenvalue weighted by Gasteiger charge is -2.30.